The van der Waals surface area contributed by atoms with Gasteiger partial charge in [0.05, 0.1) is 23.5 Å². The molecule has 0 spiro atoms. The number of carbonyl (C=O) groups excluding carboxylic acids is 2. The van der Waals surface area contributed by atoms with Crippen LogP contribution in [0.1, 0.15) is 30.9 Å². The summed E-state index contributed by atoms with van der Waals surface area (Å²) < 4.78 is 13.4. The molecule has 6 heteroatoms. The van der Waals surface area contributed by atoms with Crippen molar-refractivity contribution in [2.75, 3.05) is 11.4 Å². The number of hydrogen-bond donors (Lipinski definition) is 1. The fourth-order valence-corrected chi connectivity index (χ4v) is 3.89. The second-order valence-electron chi connectivity index (χ2n) is 8.20. The van der Waals surface area contributed by atoms with Gasteiger partial charge in [-0.15, -0.1) is 0 Å². The minimum absolute atomic E-state index is 0.0250. The Morgan fingerprint density at radius 2 is 1.73 bits per heavy atom. The SMILES string of the molecule is CC(CCc1ccccc1)NC(=O)CN1C(=O)CC(c2ccc(F)cc2)=Nc2ccccc21. The van der Waals surface area contributed by atoms with Crippen LogP contribution in [0, 0.1) is 5.82 Å². The third-order valence-corrected chi connectivity index (χ3v) is 5.64. The van der Waals surface area contributed by atoms with Crippen LogP contribution in [0.4, 0.5) is 15.8 Å². The zero-order valence-electron chi connectivity index (χ0n) is 18.5. The van der Waals surface area contributed by atoms with Gasteiger partial charge in [-0.25, -0.2) is 4.39 Å². The van der Waals surface area contributed by atoms with E-state index >= 15 is 0 Å². The predicted octanol–water partition coefficient (Wildman–Crippen LogP) is 4.82. The summed E-state index contributed by atoms with van der Waals surface area (Å²) in [7, 11) is 0. The van der Waals surface area contributed by atoms with Crippen LogP contribution in [0.15, 0.2) is 83.9 Å². The number of para-hydroxylation sites is 2. The number of nitrogens with one attached hydrogen (secondary N) is 1. The molecule has 0 aliphatic carbocycles. The number of fused-ring (bicyclic) bond motifs is 1. The van der Waals surface area contributed by atoms with E-state index in [-0.39, 0.29) is 36.6 Å². The van der Waals surface area contributed by atoms with Gasteiger partial charge < -0.3 is 10.2 Å². The van der Waals surface area contributed by atoms with Gasteiger partial charge in [-0.1, -0.05) is 54.6 Å². The van der Waals surface area contributed by atoms with E-state index in [1.165, 1.54) is 22.6 Å². The van der Waals surface area contributed by atoms with Crippen LogP contribution in [-0.4, -0.2) is 30.1 Å². The number of benzene rings is 3. The number of anilines is 1. The Labute approximate surface area is 193 Å². The standard InChI is InChI=1S/C27H26FN3O2/c1-19(11-12-20-7-3-2-4-8-20)29-26(32)18-31-25-10-6-5-9-23(25)30-24(17-27(31)33)21-13-15-22(28)16-14-21/h2-10,13-16,19H,11-12,17-18H2,1H3,(H,29,32). The Hall–Kier alpha value is -3.80. The van der Waals surface area contributed by atoms with Crippen LogP contribution < -0.4 is 10.2 Å². The first-order valence-electron chi connectivity index (χ1n) is 11.1. The van der Waals surface area contributed by atoms with Gasteiger partial charge >= 0.3 is 0 Å². The van der Waals surface area contributed by atoms with Crippen LogP contribution in [-0.2, 0) is 16.0 Å². The van der Waals surface area contributed by atoms with Crippen molar-refractivity contribution in [3.8, 4) is 0 Å². The average Bonchev–Trinajstić information content (AvgIpc) is 2.95. The summed E-state index contributed by atoms with van der Waals surface area (Å²) in [4.78, 5) is 32.1. The molecule has 3 aromatic carbocycles. The van der Waals surface area contributed by atoms with Crippen molar-refractivity contribution >= 4 is 28.9 Å². The van der Waals surface area contributed by atoms with Gasteiger partial charge in [0.15, 0.2) is 0 Å². The van der Waals surface area contributed by atoms with Crippen molar-refractivity contribution < 1.29 is 14.0 Å². The lowest BCUT2D eigenvalue weighted by Crippen LogP contribution is -2.43. The van der Waals surface area contributed by atoms with Crippen molar-refractivity contribution in [2.24, 2.45) is 4.99 Å². The second-order valence-corrected chi connectivity index (χ2v) is 8.20. The minimum atomic E-state index is -0.348. The van der Waals surface area contributed by atoms with E-state index in [0.29, 0.717) is 22.6 Å². The normalized spacial score (nSPS) is 14.2. The van der Waals surface area contributed by atoms with Gasteiger partial charge in [0.2, 0.25) is 11.8 Å². The summed E-state index contributed by atoms with van der Waals surface area (Å²) in [6, 6.07) is 23.3. The molecule has 0 bridgehead atoms. The highest BCUT2D eigenvalue weighted by atomic mass is 19.1. The summed E-state index contributed by atoms with van der Waals surface area (Å²) in [6.07, 6.45) is 1.69. The first-order valence-corrected chi connectivity index (χ1v) is 11.1. The van der Waals surface area contributed by atoms with Crippen molar-refractivity contribution in [1.82, 2.24) is 5.32 Å². The molecular weight excluding hydrogens is 417 g/mol. The Morgan fingerprint density at radius 1 is 1.03 bits per heavy atom. The molecule has 0 aromatic heterocycles. The third-order valence-electron chi connectivity index (χ3n) is 5.64. The number of carbonyl (C=O) groups is 2. The zero-order valence-corrected chi connectivity index (χ0v) is 18.5. The summed E-state index contributed by atoms with van der Waals surface area (Å²) in [5.74, 6) is -0.793. The van der Waals surface area contributed by atoms with Gasteiger partial charge in [-0.3, -0.25) is 14.6 Å². The fraction of sp³-hybridized carbons (Fsp3) is 0.222. The smallest absolute Gasteiger partial charge is 0.240 e. The lowest BCUT2D eigenvalue weighted by molar-refractivity contribution is -0.123. The number of rotatable bonds is 7. The molecule has 1 N–H and O–H groups in total. The fourth-order valence-electron chi connectivity index (χ4n) is 3.89. The maximum absolute atomic E-state index is 13.4. The van der Waals surface area contributed by atoms with E-state index in [1.54, 1.807) is 18.2 Å². The first kappa shape index (κ1) is 22.4. The average molecular weight is 444 g/mol. The lowest BCUT2D eigenvalue weighted by Gasteiger charge is -2.23. The molecule has 1 atom stereocenters. The van der Waals surface area contributed by atoms with Gasteiger partial charge in [0.25, 0.3) is 0 Å². The molecule has 5 nitrogen and oxygen atoms in total. The van der Waals surface area contributed by atoms with Gasteiger partial charge in [0.1, 0.15) is 12.4 Å². The molecule has 0 saturated carbocycles. The molecule has 4 rings (SSSR count). The highest BCUT2D eigenvalue weighted by Gasteiger charge is 2.27. The van der Waals surface area contributed by atoms with Crippen LogP contribution >= 0.6 is 0 Å². The number of hydrogen-bond acceptors (Lipinski definition) is 3. The van der Waals surface area contributed by atoms with E-state index in [2.05, 4.69) is 22.4 Å². The Kier molecular flexibility index (Phi) is 6.93. The number of halogens is 1. The van der Waals surface area contributed by atoms with Crippen LogP contribution in [0.25, 0.3) is 0 Å². The Balaban J connectivity index is 1.45. The summed E-state index contributed by atoms with van der Waals surface area (Å²) in [5, 5.41) is 3.01. The largest absolute Gasteiger partial charge is 0.352 e. The van der Waals surface area contributed by atoms with E-state index in [9.17, 15) is 14.0 Å². The molecule has 1 unspecified atom stereocenters. The molecular formula is C27H26FN3O2. The number of nitrogens with zero attached hydrogens (tertiary/aromatic N) is 2. The monoisotopic (exact) mass is 443 g/mol. The predicted molar refractivity (Wildman–Crippen MR) is 128 cm³/mol. The molecule has 168 valence electrons. The molecule has 1 aliphatic heterocycles. The van der Waals surface area contributed by atoms with Crippen LogP contribution in [0.5, 0.6) is 0 Å². The summed E-state index contributed by atoms with van der Waals surface area (Å²) in [5.41, 5.74) is 3.65. The van der Waals surface area contributed by atoms with Crippen molar-refractivity contribution in [1.29, 1.82) is 0 Å². The first-order chi connectivity index (χ1) is 16.0. The highest BCUT2D eigenvalue weighted by molar-refractivity contribution is 6.18. The van der Waals surface area contributed by atoms with Gasteiger partial charge in [0, 0.05) is 6.04 Å². The van der Waals surface area contributed by atoms with Crippen LogP contribution in [0.3, 0.4) is 0 Å². The van der Waals surface area contributed by atoms with Crippen molar-refractivity contribution in [3.05, 3.63) is 95.8 Å². The lowest BCUT2D eigenvalue weighted by atomic mass is 10.1. The highest BCUT2D eigenvalue weighted by Crippen LogP contribution is 2.32. The van der Waals surface area contributed by atoms with E-state index in [4.69, 9.17) is 0 Å². The quantitative estimate of drug-likeness (QED) is 0.569. The molecule has 33 heavy (non-hydrogen) atoms. The maximum Gasteiger partial charge on any atom is 0.240 e. The van der Waals surface area contributed by atoms with E-state index < -0.39 is 0 Å². The number of aryl methyl sites for hydroxylation is 1. The zero-order chi connectivity index (χ0) is 23.2. The minimum Gasteiger partial charge on any atom is -0.352 e. The van der Waals surface area contributed by atoms with Crippen molar-refractivity contribution in [2.45, 2.75) is 32.2 Å². The number of amides is 2. The Bertz CT molecular complexity index is 1160. The molecule has 3 aromatic rings. The maximum atomic E-state index is 13.4. The number of aliphatic imine (C=N–C) groups is 1. The molecule has 1 aliphatic rings. The summed E-state index contributed by atoms with van der Waals surface area (Å²) >= 11 is 0. The molecule has 1 heterocycles. The molecule has 0 saturated heterocycles. The van der Waals surface area contributed by atoms with Gasteiger partial charge in [-0.2, -0.15) is 0 Å². The van der Waals surface area contributed by atoms with Gasteiger partial charge in [-0.05, 0) is 55.2 Å². The van der Waals surface area contributed by atoms with E-state index in [0.717, 1.165) is 12.8 Å². The third kappa shape index (κ3) is 5.71. The topological polar surface area (TPSA) is 61.8 Å². The molecule has 0 fully saturated rings. The van der Waals surface area contributed by atoms with E-state index in [1.807, 2.05) is 43.3 Å². The molecule has 2 amide bonds. The van der Waals surface area contributed by atoms with Crippen LogP contribution in [0.2, 0.25) is 0 Å². The molecule has 0 radical (unpaired) electrons. The van der Waals surface area contributed by atoms with Crippen molar-refractivity contribution in [3.63, 3.8) is 0 Å². The second kappa shape index (κ2) is 10.2. The Morgan fingerprint density at radius 3 is 2.48 bits per heavy atom. The summed E-state index contributed by atoms with van der Waals surface area (Å²) in [6.45, 7) is 1.88.